The van der Waals surface area contributed by atoms with E-state index in [-0.39, 0.29) is 6.04 Å². The molecular formula is C8H20N2. The van der Waals surface area contributed by atoms with Crippen molar-refractivity contribution >= 4 is 0 Å². The largest absolute Gasteiger partial charge is 0.327 e. The number of hydrogen-bond acceptors (Lipinski definition) is 2. The van der Waals surface area contributed by atoms with Crippen molar-refractivity contribution in [2.75, 3.05) is 13.1 Å². The summed E-state index contributed by atoms with van der Waals surface area (Å²) >= 11 is 0. The minimum atomic E-state index is 0.282. The second-order valence-corrected chi connectivity index (χ2v) is 3.15. The van der Waals surface area contributed by atoms with Gasteiger partial charge in [-0.05, 0) is 19.4 Å². The minimum absolute atomic E-state index is 0.282. The van der Waals surface area contributed by atoms with Crippen molar-refractivity contribution in [1.29, 1.82) is 0 Å². The molecule has 0 aliphatic carbocycles. The zero-order chi connectivity index (χ0) is 7.98. The van der Waals surface area contributed by atoms with E-state index >= 15 is 0 Å². The Balaban J connectivity index is 3.03. The highest BCUT2D eigenvalue weighted by atomic mass is 14.9. The Bertz CT molecular complexity index is 71.7. The lowest BCUT2D eigenvalue weighted by Gasteiger charge is -2.11. The number of nitrogens with one attached hydrogen (secondary N) is 1. The molecule has 0 aromatic rings. The molecule has 2 heteroatoms. The first-order chi connectivity index (χ1) is 4.66. The van der Waals surface area contributed by atoms with Crippen LogP contribution in [0.15, 0.2) is 0 Å². The van der Waals surface area contributed by atoms with Gasteiger partial charge in [0.2, 0.25) is 0 Å². The standard InChI is InChI=1S/C8H20N2/c1-4-7(2)5-10-6-8(3)9/h7-8,10H,4-6,9H2,1-3H3. The fourth-order valence-electron chi connectivity index (χ4n) is 0.702. The molecule has 0 fully saturated rings. The van der Waals surface area contributed by atoms with Gasteiger partial charge in [-0.3, -0.25) is 0 Å². The highest BCUT2D eigenvalue weighted by molar-refractivity contribution is 4.59. The Kier molecular flexibility index (Phi) is 5.64. The summed E-state index contributed by atoms with van der Waals surface area (Å²) < 4.78 is 0. The third-order valence-corrected chi connectivity index (χ3v) is 1.66. The molecule has 0 heterocycles. The maximum absolute atomic E-state index is 5.56. The molecule has 0 radical (unpaired) electrons. The van der Waals surface area contributed by atoms with E-state index in [0.29, 0.717) is 0 Å². The van der Waals surface area contributed by atoms with Crippen LogP contribution in [0.1, 0.15) is 27.2 Å². The molecule has 0 rings (SSSR count). The average Bonchev–Trinajstić information content (AvgIpc) is 1.87. The van der Waals surface area contributed by atoms with E-state index in [1.807, 2.05) is 6.92 Å². The predicted molar refractivity (Wildman–Crippen MR) is 46.0 cm³/mol. The second-order valence-electron chi connectivity index (χ2n) is 3.15. The van der Waals surface area contributed by atoms with Crippen molar-refractivity contribution in [3.63, 3.8) is 0 Å². The molecule has 0 saturated heterocycles. The Morgan fingerprint density at radius 1 is 1.30 bits per heavy atom. The maximum atomic E-state index is 5.56. The summed E-state index contributed by atoms with van der Waals surface area (Å²) in [6.07, 6.45) is 1.24. The molecule has 10 heavy (non-hydrogen) atoms. The maximum Gasteiger partial charge on any atom is 0.0136 e. The summed E-state index contributed by atoms with van der Waals surface area (Å²) in [7, 11) is 0. The van der Waals surface area contributed by atoms with Crippen LogP contribution in [0, 0.1) is 5.92 Å². The molecule has 2 nitrogen and oxygen atoms in total. The first kappa shape index (κ1) is 9.92. The van der Waals surface area contributed by atoms with Crippen molar-refractivity contribution in [2.24, 2.45) is 11.7 Å². The van der Waals surface area contributed by atoms with Crippen molar-refractivity contribution < 1.29 is 0 Å². The van der Waals surface area contributed by atoms with Crippen molar-refractivity contribution in [3.05, 3.63) is 0 Å². The zero-order valence-electron chi connectivity index (χ0n) is 7.35. The topological polar surface area (TPSA) is 38.0 Å². The molecule has 62 valence electrons. The van der Waals surface area contributed by atoms with Gasteiger partial charge < -0.3 is 11.1 Å². The third-order valence-electron chi connectivity index (χ3n) is 1.66. The lowest BCUT2D eigenvalue weighted by atomic mass is 10.1. The summed E-state index contributed by atoms with van der Waals surface area (Å²) in [5.41, 5.74) is 5.56. The third kappa shape index (κ3) is 6.05. The summed E-state index contributed by atoms with van der Waals surface area (Å²) in [5.74, 6) is 0.777. The van der Waals surface area contributed by atoms with E-state index in [9.17, 15) is 0 Å². The SMILES string of the molecule is CCC(C)CNCC(C)N. The molecule has 0 aromatic carbocycles. The van der Waals surface area contributed by atoms with Gasteiger partial charge in [0, 0.05) is 12.6 Å². The zero-order valence-corrected chi connectivity index (χ0v) is 7.35. The van der Waals surface area contributed by atoms with E-state index < -0.39 is 0 Å². The van der Waals surface area contributed by atoms with Crippen LogP contribution in [0.25, 0.3) is 0 Å². The second kappa shape index (κ2) is 5.69. The Morgan fingerprint density at radius 3 is 2.30 bits per heavy atom. The number of hydrogen-bond donors (Lipinski definition) is 2. The van der Waals surface area contributed by atoms with Gasteiger partial charge in [0.25, 0.3) is 0 Å². The van der Waals surface area contributed by atoms with Gasteiger partial charge in [-0.15, -0.1) is 0 Å². The van der Waals surface area contributed by atoms with Crippen LogP contribution in [0.5, 0.6) is 0 Å². The molecule has 0 aliphatic heterocycles. The van der Waals surface area contributed by atoms with E-state index in [1.54, 1.807) is 0 Å². The average molecular weight is 144 g/mol. The Hall–Kier alpha value is -0.0800. The molecule has 2 unspecified atom stereocenters. The van der Waals surface area contributed by atoms with Crippen LogP contribution in [0.4, 0.5) is 0 Å². The quantitative estimate of drug-likeness (QED) is 0.603. The van der Waals surface area contributed by atoms with Gasteiger partial charge in [-0.2, -0.15) is 0 Å². The normalized spacial score (nSPS) is 16.8. The molecule has 0 aromatic heterocycles. The van der Waals surface area contributed by atoms with Crippen LogP contribution in [-0.2, 0) is 0 Å². The van der Waals surface area contributed by atoms with Crippen molar-refractivity contribution in [2.45, 2.75) is 33.2 Å². The fraction of sp³-hybridized carbons (Fsp3) is 1.00. The van der Waals surface area contributed by atoms with Crippen LogP contribution in [0.2, 0.25) is 0 Å². The summed E-state index contributed by atoms with van der Waals surface area (Å²) in [6, 6.07) is 0.282. The monoisotopic (exact) mass is 144 g/mol. The first-order valence-corrected chi connectivity index (χ1v) is 4.13. The summed E-state index contributed by atoms with van der Waals surface area (Å²) in [4.78, 5) is 0. The van der Waals surface area contributed by atoms with E-state index in [2.05, 4.69) is 19.2 Å². The van der Waals surface area contributed by atoms with Gasteiger partial charge >= 0.3 is 0 Å². The molecule has 0 aliphatic rings. The van der Waals surface area contributed by atoms with Gasteiger partial charge in [-0.25, -0.2) is 0 Å². The smallest absolute Gasteiger partial charge is 0.0136 e. The van der Waals surface area contributed by atoms with Crippen molar-refractivity contribution in [1.82, 2.24) is 5.32 Å². The van der Waals surface area contributed by atoms with Gasteiger partial charge in [0.1, 0.15) is 0 Å². The van der Waals surface area contributed by atoms with Crippen LogP contribution in [-0.4, -0.2) is 19.1 Å². The molecule has 2 atom stereocenters. The lowest BCUT2D eigenvalue weighted by molar-refractivity contribution is 0.486. The van der Waals surface area contributed by atoms with Crippen LogP contribution >= 0.6 is 0 Å². The fourth-order valence-corrected chi connectivity index (χ4v) is 0.702. The Labute approximate surface area is 64.2 Å². The van der Waals surface area contributed by atoms with Crippen molar-refractivity contribution in [3.8, 4) is 0 Å². The van der Waals surface area contributed by atoms with E-state index in [4.69, 9.17) is 5.73 Å². The highest BCUT2D eigenvalue weighted by Crippen LogP contribution is 1.96. The van der Waals surface area contributed by atoms with Gasteiger partial charge in [0.05, 0.1) is 0 Å². The minimum Gasteiger partial charge on any atom is -0.327 e. The molecule has 3 N–H and O–H groups in total. The molecule has 0 bridgehead atoms. The summed E-state index contributed by atoms with van der Waals surface area (Å²) in [5, 5.41) is 3.31. The first-order valence-electron chi connectivity index (χ1n) is 4.13. The predicted octanol–water partition coefficient (Wildman–Crippen LogP) is 0.969. The summed E-state index contributed by atoms with van der Waals surface area (Å²) in [6.45, 7) is 8.50. The highest BCUT2D eigenvalue weighted by Gasteiger charge is 1.97. The Morgan fingerprint density at radius 2 is 1.90 bits per heavy atom. The number of nitrogens with two attached hydrogens (primary N) is 1. The number of rotatable bonds is 5. The molecule has 0 spiro atoms. The van der Waals surface area contributed by atoms with Crippen LogP contribution in [0.3, 0.4) is 0 Å². The molecule has 0 amide bonds. The molecular weight excluding hydrogens is 124 g/mol. The van der Waals surface area contributed by atoms with Crippen LogP contribution < -0.4 is 11.1 Å². The lowest BCUT2D eigenvalue weighted by Crippen LogP contribution is -2.33. The van der Waals surface area contributed by atoms with Gasteiger partial charge in [0.15, 0.2) is 0 Å². The van der Waals surface area contributed by atoms with Gasteiger partial charge in [-0.1, -0.05) is 20.3 Å². The molecule has 0 saturated carbocycles. The van der Waals surface area contributed by atoms with E-state index in [0.717, 1.165) is 19.0 Å². The van der Waals surface area contributed by atoms with E-state index in [1.165, 1.54) is 6.42 Å².